The van der Waals surface area contributed by atoms with Gasteiger partial charge >= 0.3 is 5.76 Å². The van der Waals surface area contributed by atoms with Gasteiger partial charge in [0.15, 0.2) is 5.82 Å². The van der Waals surface area contributed by atoms with Crippen LogP contribution in [0.2, 0.25) is 0 Å². The van der Waals surface area contributed by atoms with E-state index in [-0.39, 0.29) is 5.41 Å². The maximum atomic E-state index is 11.2. The molecule has 4 heteroatoms. The fourth-order valence-corrected chi connectivity index (χ4v) is 2.56. The Morgan fingerprint density at radius 1 is 1.05 bits per heavy atom. The molecule has 0 aliphatic carbocycles. The molecule has 0 radical (unpaired) electrons. The highest BCUT2D eigenvalue weighted by molar-refractivity contribution is 5.02. The van der Waals surface area contributed by atoms with Crippen LogP contribution in [0, 0.1) is 0 Å². The summed E-state index contributed by atoms with van der Waals surface area (Å²) in [6.07, 6.45) is 10.7. The molecule has 0 aliphatic rings. The van der Waals surface area contributed by atoms with E-state index >= 15 is 0 Å². The molecule has 1 aromatic heterocycles. The highest BCUT2D eigenvalue weighted by atomic mass is 16.5. The van der Waals surface area contributed by atoms with Crippen molar-refractivity contribution in [2.75, 3.05) is 0 Å². The first-order chi connectivity index (χ1) is 9.12. The maximum absolute atomic E-state index is 11.2. The van der Waals surface area contributed by atoms with Gasteiger partial charge < -0.3 is 0 Å². The highest BCUT2D eigenvalue weighted by Gasteiger charge is 2.29. The lowest BCUT2D eigenvalue weighted by Gasteiger charge is -2.26. The Morgan fingerprint density at radius 2 is 1.63 bits per heavy atom. The van der Waals surface area contributed by atoms with Crippen molar-refractivity contribution in [1.29, 1.82) is 0 Å². The molecule has 1 rings (SSSR count). The van der Waals surface area contributed by atoms with Crippen molar-refractivity contribution in [3.63, 3.8) is 0 Å². The fourth-order valence-electron chi connectivity index (χ4n) is 2.56. The minimum Gasteiger partial charge on any atom is -0.296 e. The van der Waals surface area contributed by atoms with Crippen LogP contribution in [0.3, 0.4) is 0 Å². The second kappa shape index (κ2) is 8.18. The van der Waals surface area contributed by atoms with Gasteiger partial charge in [0, 0.05) is 5.41 Å². The van der Waals surface area contributed by atoms with E-state index in [0.717, 1.165) is 18.7 Å². The zero-order valence-electron chi connectivity index (χ0n) is 12.6. The van der Waals surface area contributed by atoms with E-state index in [1.807, 2.05) is 0 Å². The molecule has 1 aromatic rings. The zero-order valence-corrected chi connectivity index (χ0v) is 12.6. The molecule has 1 atom stereocenters. The van der Waals surface area contributed by atoms with Crippen molar-refractivity contribution in [1.82, 2.24) is 10.1 Å². The first kappa shape index (κ1) is 16.0. The van der Waals surface area contributed by atoms with Gasteiger partial charge in [-0.2, -0.15) is 0 Å². The third-order valence-electron chi connectivity index (χ3n) is 3.93. The van der Waals surface area contributed by atoms with Crippen LogP contribution in [0.25, 0.3) is 0 Å². The summed E-state index contributed by atoms with van der Waals surface area (Å²) in [4.78, 5) is 13.9. The summed E-state index contributed by atoms with van der Waals surface area (Å²) in [6.45, 7) is 6.62. The summed E-state index contributed by atoms with van der Waals surface area (Å²) in [5, 5.41) is 3.92. The number of aromatic amines is 1. The predicted molar refractivity (Wildman–Crippen MR) is 77.4 cm³/mol. The van der Waals surface area contributed by atoms with E-state index < -0.39 is 5.76 Å². The van der Waals surface area contributed by atoms with Crippen LogP contribution in [0.4, 0.5) is 0 Å². The van der Waals surface area contributed by atoms with Gasteiger partial charge in [-0.15, -0.1) is 0 Å². The number of rotatable bonds is 10. The predicted octanol–water partition coefficient (Wildman–Crippen LogP) is 4.17. The SMILES string of the molecule is CCCCCCC(C)(CCCCC)c1noc(=O)[nH]1. The third-order valence-corrected chi connectivity index (χ3v) is 3.93. The molecule has 0 saturated carbocycles. The van der Waals surface area contributed by atoms with Gasteiger partial charge in [-0.25, -0.2) is 4.79 Å². The average Bonchev–Trinajstić information content (AvgIpc) is 2.82. The monoisotopic (exact) mass is 268 g/mol. The molecule has 0 saturated heterocycles. The second-order valence-electron chi connectivity index (χ2n) is 5.77. The zero-order chi connectivity index (χ0) is 14.1. The molecule has 0 amide bonds. The number of nitrogens with one attached hydrogen (secondary N) is 1. The topological polar surface area (TPSA) is 58.9 Å². The molecule has 4 nitrogen and oxygen atoms in total. The van der Waals surface area contributed by atoms with Crippen LogP contribution in [0.5, 0.6) is 0 Å². The van der Waals surface area contributed by atoms with E-state index in [9.17, 15) is 4.79 Å². The number of hydrogen-bond donors (Lipinski definition) is 1. The molecule has 110 valence electrons. The molecule has 0 spiro atoms. The van der Waals surface area contributed by atoms with Gasteiger partial charge in [0.2, 0.25) is 0 Å². The quantitative estimate of drug-likeness (QED) is 0.648. The molecular weight excluding hydrogens is 240 g/mol. The van der Waals surface area contributed by atoms with Crippen LogP contribution < -0.4 is 5.76 Å². The lowest BCUT2D eigenvalue weighted by molar-refractivity contribution is 0.319. The van der Waals surface area contributed by atoms with Crippen molar-refractivity contribution in [2.45, 2.75) is 84.0 Å². The molecule has 19 heavy (non-hydrogen) atoms. The van der Waals surface area contributed by atoms with Crippen LogP contribution in [0.15, 0.2) is 9.32 Å². The van der Waals surface area contributed by atoms with Gasteiger partial charge in [0.1, 0.15) is 0 Å². The van der Waals surface area contributed by atoms with Crippen LogP contribution >= 0.6 is 0 Å². The molecule has 0 bridgehead atoms. The smallest absolute Gasteiger partial charge is 0.296 e. The molecule has 1 N–H and O–H groups in total. The van der Waals surface area contributed by atoms with E-state index in [1.165, 1.54) is 44.9 Å². The molecule has 0 fully saturated rings. The van der Waals surface area contributed by atoms with Crippen molar-refractivity contribution >= 4 is 0 Å². The van der Waals surface area contributed by atoms with E-state index in [2.05, 4.69) is 35.4 Å². The van der Waals surface area contributed by atoms with E-state index in [4.69, 9.17) is 0 Å². The number of nitrogens with zero attached hydrogens (tertiary/aromatic N) is 1. The van der Waals surface area contributed by atoms with Crippen molar-refractivity contribution < 1.29 is 4.52 Å². The lowest BCUT2D eigenvalue weighted by atomic mass is 9.79. The van der Waals surface area contributed by atoms with Crippen molar-refractivity contribution in [2.24, 2.45) is 0 Å². The number of H-pyrrole nitrogens is 1. The Hall–Kier alpha value is -1.06. The first-order valence-electron chi connectivity index (χ1n) is 7.69. The van der Waals surface area contributed by atoms with Crippen molar-refractivity contribution in [3.8, 4) is 0 Å². The average molecular weight is 268 g/mol. The van der Waals surface area contributed by atoms with Gasteiger partial charge in [0.25, 0.3) is 0 Å². The third kappa shape index (κ3) is 5.21. The van der Waals surface area contributed by atoms with Crippen molar-refractivity contribution in [3.05, 3.63) is 16.4 Å². The Bertz CT molecular complexity index is 397. The fraction of sp³-hybridized carbons (Fsp3) is 0.867. The molecular formula is C15H28N2O2. The standard InChI is InChI=1S/C15H28N2O2/c1-4-6-8-10-12-15(3,11-9-7-5-2)13-16-14(18)19-17-13/h4-12H2,1-3H3,(H,16,17,18). The van der Waals surface area contributed by atoms with Gasteiger partial charge in [0.05, 0.1) is 0 Å². The largest absolute Gasteiger partial charge is 0.438 e. The van der Waals surface area contributed by atoms with Crippen LogP contribution in [-0.4, -0.2) is 10.1 Å². The summed E-state index contributed by atoms with van der Waals surface area (Å²) in [5.41, 5.74) is -0.0466. The van der Waals surface area contributed by atoms with E-state index in [1.54, 1.807) is 0 Å². The Kier molecular flexibility index (Phi) is 6.89. The van der Waals surface area contributed by atoms with Crippen LogP contribution in [-0.2, 0) is 5.41 Å². The minimum absolute atomic E-state index is 0.0466. The molecule has 0 aromatic carbocycles. The number of aromatic nitrogens is 2. The van der Waals surface area contributed by atoms with Gasteiger partial charge in [-0.1, -0.05) is 70.9 Å². The van der Waals surface area contributed by atoms with E-state index in [0.29, 0.717) is 0 Å². The van der Waals surface area contributed by atoms with Crippen LogP contribution in [0.1, 0.15) is 84.4 Å². The van der Waals surface area contributed by atoms with Gasteiger partial charge in [-0.05, 0) is 12.8 Å². The normalized spacial score (nSPS) is 14.5. The molecule has 1 unspecified atom stereocenters. The number of hydrogen-bond acceptors (Lipinski definition) is 3. The molecule has 0 aliphatic heterocycles. The summed E-state index contributed by atoms with van der Waals surface area (Å²) in [6, 6.07) is 0. The Labute approximate surface area is 116 Å². The minimum atomic E-state index is -0.440. The molecule has 1 heterocycles. The Balaban J connectivity index is 2.63. The van der Waals surface area contributed by atoms with Gasteiger partial charge in [-0.3, -0.25) is 9.51 Å². The summed E-state index contributed by atoms with van der Waals surface area (Å²) < 4.78 is 4.68. The maximum Gasteiger partial charge on any atom is 0.438 e. The lowest BCUT2D eigenvalue weighted by Crippen LogP contribution is -2.24. The second-order valence-corrected chi connectivity index (χ2v) is 5.77. The summed E-state index contributed by atoms with van der Waals surface area (Å²) >= 11 is 0. The summed E-state index contributed by atoms with van der Waals surface area (Å²) in [5.74, 6) is 0.287. The first-order valence-corrected chi connectivity index (χ1v) is 7.69. The Morgan fingerprint density at radius 3 is 2.16 bits per heavy atom. The summed E-state index contributed by atoms with van der Waals surface area (Å²) in [7, 11) is 0. The highest BCUT2D eigenvalue weighted by Crippen LogP contribution is 2.32. The number of unbranched alkanes of at least 4 members (excludes halogenated alkanes) is 5.